The molecular weight excluding hydrogens is 322 g/mol. The Labute approximate surface area is 140 Å². The Bertz CT molecular complexity index is 539. The zero-order valence-electron chi connectivity index (χ0n) is 12.2. The molecule has 0 radical (unpaired) electrons. The van der Waals surface area contributed by atoms with E-state index in [1.165, 1.54) is 30.6 Å². The Kier molecular flexibility index (Phi) is 6.20. The van der Waals surface area contributed by atoms with Crippen LogP contribution in [0.3, 0.4) is 0 Å². The monoisotopic (exact) mass is 343 g/mol. The fourth-order valence-electron chi connectivity index (χ4n) is 2.79. The van der Waals surface area contributed by atoms with Gasteiger partial charge >= 0.3 is 0 Å². The Morgan fingerprint density at radius 1 is 1.48 bits per heavy atom. The highest BCUT2D eigenvalue weighted by molar-refractivity contribution is 7.14. The molecule has 1 aliphatic heterocycles. The second kappa shape index (κ2) is 7.70. The maximum absolute atomic E-state index is 6.05. The summed E-state index contributed by atoms with van der Waals surface area (Å²) in [5.41, 5.74) is 8.50. The molecule has 0 amide bonds. The first-order chi connectivity index (χ1) is 9.72. The summed E-state index contributed by atoms with van der Waals surface area (Å²) in [7, 11) is 0. The van der Waals surface area contributed by atoms with Crippen molar-refractivity contribution in [3.63, 3.8) is 0 Å². The van der Waals surface area contributed by atoms with Gasteiger partial charge in [-0.1, -0.05) is 0 Å². The molecule has 2 unspecified atom stereocenters. The van der Waals surface area contributed by atoms with Crippen molar-refractivity contribution in [1.29, 1.82) is 0 Å². The highest BCUT2D eigenvalue weighted by Gasteiger charge is 2.23. The summed E-state index contributed by atoms with van der Waals surface area (Å²) in [6, 6.07) is 2.44. The van der Waals surface area contributed by atoms with Gasteiger partial charge in [0.15, 0.2) is 0 Å². The first-order valence-electron chi connectivity index (χ1n) is 7.17. The molecule has 1 aliphatic rings. The van der Waals surface area contributed by atoms with Crippen molar-refractivity contribution in [2.24, 2.45) is 11.7 Å². The number of hydrogen-bond acceptors (Lipinski definition) is 5. The number of nitrogens with two attached hydrogens (primary N) is 1. The van der Waals surface area contributed by atoms with Gasteiger partial charge in [-0.3, -0.25) is 4.90 Å². The van der Waals surface area contributed by atoms with Crippen LogP contribution in [0.25, 0.3) is 10.6 Å². The number of thiophene rings is 1. The average molecular weight is 344 g/mol. The normalized spacial score (nSPS) is 21.0. The number of aromatic nitrogens is 1. The third-order valence-electron chi connectivity index (χ3n) is 3.99. The lowest BCUT2D eigenvalue weighted by Gasteiger charge is -2.34. The number of rotatable bonds is 4. The molecule has 2 aromatic heterocycles. The van der Waals surface area contributed by atoms with Gasteiger partial charge in [-0.05, 0) is 43.7 Å². The second-order valence-electron chi connectivity index (χ2n) is 5.65. The maximum Gasteiger partial charge on any atom is 0.124 e. The molecule has 2 atom stereocenters. The number of halogens is 1. The van der Waals surface area contributed by atoms with Crippen molar-refractivity contribution in [3.8, 4) is 10.6 Å². The SMILES string of the molecule is CC(N)C1CCCN(Cc2csc(-c3ccsc3)n2)C1.Cl. The van der Waals surface area contributed by atoms with E-state index in [0.717, 1.165) is 18.1 Å². The van der Waals surface area contributed by atoms with Crippen LogP contribution in [-0.2, 0) is 6.54 Å². The quantitative estimate of drug-likeness (QED) is 0.916. The molecule has 0 aromatic carbocycles. The second-order valence-corrected chi connectivity index (χ2v) is 7.29. The van der Waals surface area contributed by atoms with Gasteiger partial charge < -0.3 is 5.73 Å². The van der Waals surface area contributed by atoms with Crippen LogP contribution in [0.1, 0.15) is 25.5 Å². The third-order valence-corrected chi connectivity index (χ3v) is 5.61. The summed E-state index contributed by atoms with van der Waals surface area (Å²) in [5.74, 6) is 0.638. The highest BCUT2D eigenvalue weighted by Crippen LogP contribution is 2.27. The van der Waals surface area contributed by atoms with Crippen molar-refractivity contribution in [2.75, 3.05) is 13.1 Å². The standard InChI is InChI=1S/C15H21N3S2.ClH/c1-11(16)12-3-2-5-18(7-12)8-14-10-20-15(17-14)13-4-6-19-9-13;/h4,6,9-12H,2-3,5,7-8,16H2,1H3;1H. The Morgan fingerprint density at radius 3 is 3.05 bits per heavy atom. The predicted octanol–water partition coefficient (Wildman–Crippen LogP) is 3.85. The fourth-order valence-corrected chi connectivity index (χ4v) is 4.31. The number of thiazole rings is 1. The van der Waals surface area contributed by atoms with E-state index >= 15 is 0 Å². The Morgan fingerprint density at radius 2 is 2.33 bits per heavy atom. The van der Waals surface area contributed by atoms with Gasteiger partial charge in [-0.2, -0.15) is 11.3 Å². The van der Waals surface area contributed by atoms with Gasteiger partial charge in [0.2, 0.25) is 0 Å². The molecule has 2 aromatic rings. The minimum absolute atomic E-state index is 0. The molecule has 116 valence electrons. The van der Waals surface area contributed by atoms with E-state index < -0.39 is 0 Å². The predicted molar refractivity (Wildman–Crippen MR) is 94.3 cm³/mol. The van der Waals surface area contributed by atoms with Crippen molar-refractivity contribution >= 4 is 35.1 Å². The Hall–Kier alpha value is -0.460. The van der Waals surface area contributed by atoms with Crippen LogP contribution in [-0.4, -0.2) is 29.0 Å². The van der Waals surface area contributed by atoms with Gasteiger partial charge in [0.05, 0.1) is 5.69 Å². The number of piperidine rings is 1. The zero-order valence-corrected chi connectivity index (χ0v) is 14.6. The molecule has 0 spiro atoms. The van der Waals surface area contributed by atoms with Gasteiger partial charge in [0.1, 0.15) is 5.01 Å². The summed E-state index contributed by atoms with van der Waals surface area (Å²) in [6.45, 7) is 5.38. The number of likely N-dealkylation sites (tertiary alicyclic amines) is 1. The van der Waals surface area contributed by atoms with E-state index in [4.69, 9.17) is 10.7 Å². The molecular formula is C15H22ClN3S2. The highest BCUT2D eigenvalue weighted by atomic mass is 35.5. The molecule has 2 N–H and O–H groups in total. The zero-order chi connectivity index (χ0) is 13.9. The van der Waals surface area contributed by atoms with Gasteiger partial charge in [0, 0.05) is 35.5 Å². The number of hydrogen-bond donors (Lipinski definition) is 1. The van der Waals surface area contributed by atoms with Crippen LogP contribution in [0.5, 0.6) is 0 Å². The molecule has 1 saturated heterocycles. The van der Waals surface area contributed by atoms with Crippen molar-refractivity contribution in [2.45, 2.75) is 32.4 Å². The van der Waals surface area contributed by atoms with E-state index in [1.54, 1.807) is 22.7 Å². The molecule has 0 saturated carbocycles. The lowest BCUT2D eigenvalue weighted by atomic mass is 9.92. The number of nitrogens with zero attached hydrogens (tertiary/aromatic N) is 2. The molecule has 1 fully saturated rings. The molecule has 6 heteroatoms. The van der Waals surface area contributed by atoms with Crippen LogP contribution in [0.2, 0.25) is 0 Å². The molecule has 3 rings (SSSR count). The Balaban J connectivity index is 0.00000161. The van der Waals surface area contributed by atoms with Crippen LogP contribution < -0.4 is 5.73 Å². The maximum atomic E-state index is 6.05. The molecule has 3 heterocycles. The van der Waals surface area contributed by atoms with Crippen molar-refractivity contribution in [1.82, 2.24) is 9.88 Å². The first-order valence-corrected chi connectivity index (χ1v) is 8.99. The van der Waals surface area contributed by atoms with Gasteiger partial charge in [-0.15, -0.1) is 23.7 Å². The fraction of sp³-hybridized carbons (Fsp3) is 0.533. The lowest BCUT2D eigenvalue weighted by Crippen LogP contribution is -2.41. The summed E-state index contributed by atoms with van der Waals surface area (Å²) < 4.78 is 0. The summed E-state index contributed by atoms with van der Waals surface area (Å²) >= 11 is 3.47. The van der Waals surface area contributed by atoms with E-state index in [9.17, 15) is 0 Å². The largest absolute Gasteiger partial charge is 0.328 e. The molecule has 0 aliphatic carbocycles. The minimum Gasteiger partial charge on any atom is -0.328 e. The average Bonchev–Trinajstić information content (AvgIpc) is 3.09. The van der Waals surface area contributed by atoms with E-state index in [2.05, 4.69) is 34.0 Å². The van der Waals surface area contributed by atoms with Crippen LogP contribution in [0.15, 0.2) is 22.2 Å². The molecule has 0 bridgehead atoms. The first kappa shape index (κ1) is 16.9. The van der Waals surface area contributed by atoms with Gasteiger partial charge in [0.25, 0.3) is 0 Å². The van der Waals surface area contributed by atoms with Gasteiger partial charge in [-0.25, -0.2) is 4.98 Å². The lowest BCUT2D eigenvalue weighted by molar-refractivity contribution is 0.153. The summed E-state index contributed by atoms with van der Waals surface area (Å²) in [4.78, 5) is 7.27. The minimum atomic E-state index is 0. The van der Waals surface area contributed by atoms with E-state index in [-0.39, 0.29) is 12.4 Å². The summed E-state index contributed by atoms with van der Waals surface area (Å²) in [6.07, 6.45) is 2.53. The van der Waals surface area contributed by atoms with Crippen LogP contribution >= 0.6 is 35.1 Å². The van der Waals surface area contributed by atoms with Crippen LogP contribution in [0, 0.1) is 5.92 Å². The third kappa shape index (κ3) is 4.27. The topological polar surface area (TPSA) is 42.1 Å². The van der Waals surface area contributed by atoms with E-state index in [0.29, 0.717) is 12.0 Å². The van der Waals surface area contributed by atoms with E-state index in [1.807, 2.05) is 0 Å². The smallest absolute Gasteiger partial charge is 0.124 e. The summed E-state index contributed by atoms with van der Waals surface area (Å²) in [5, 5.41) is 7.61. The van der Waals surface area contributed by atoms with Crippen LogP contribution in [0.4, 0.5) is 0 Å². The van der Waals surface area contributed by atoms with Crippen molar-refractivity contribution in [3.05, 3.63) is 27.9 Å². The molecule has 3 nitrogen and oxygen atoms in total. The molecule has 21 heavy (non-hydrogen) atoms. The van der Waals surface area contributed by atoms with Crippen molar-refractivity contribution < 1.29 is 0 Å².